The summed E-state index contributed by atoms with van der Waals surface area (Å²) < 4.78 is 7.65. The molecule has 0 saturated carbocycles. The second-order valence-electron chi connectivity index (χ2n) is 7.21. The van der Waals surface area contributed by atoms with Gasteiger partial charge in [0.15, 0.2) is 0 Å². The summed E-state index contributed by atoms with van der Waals surface area (Å²) >= 11 is 10.3. The summed E-state index contributed by atoms with van der Waals surface area (Å²) in [5.74, 6) is 0.660. The number of halogens is 1. The SMILES string of the molecule is Cc1ccc(CN2C(=O)/C(=C/c3ccccc3OCc3ccc(Br)cc3)SC2=S)cc1. The monoisotopic (exact) mass is 509 g/mol. The molecule has 0 unspecified atom stereocenters. The van der Waals surface area contributed by atoms with Gasteiger partial charge in [-0.3, -0.25) is 9.69 Å². The van der Waals surface area contributed by atoms with Crippen molar-refractivity contribution in [3.63, 3.8) is 0 Å². The van der Waals surface area contributed by atoms with Gasteiger partial charge in [-0.15, -0.1) is 0 Å². The number of carbonyl (C=O) groups is 1. The second-order valence-corrected chi connectivity index (χ2v) is 9.80. The minimum absolute atomic E-state index is 0.0710. The van der Waals surface area contributed by atoms with Crippen LogP contribution >= 0.6 is 39.9 Å². The maximum absolute atomic E-state index is 13.0. The average molecular weight is 510 g/mol. The number of thioether (sulfide) groups is 1. The van der Waals surface area contributed by atoms with Crippen LogP contribution in [0.25, 0.3) is 6.08 Å². The van der Waals surface area contributed by atoms with E-state index >= 15 is 0 Å². The molecule has 4 rings (SSSR count). The lowest BCUT2D eigenvalue weighted by Gasteiger charge is -2.14. The van der Waals surface area contributed by atoms with Crippen LogP contribution < -0.4 is 4.74 Å². The molecule has 31 heavy (non-hydrogen) atoms. The van der Waals surface area contributed by atoms with Gasteiger partial charge in [-0.1, -0.05) is 100 Å². The Hall–Kier alpha value is -2.41. The smallest absolute Gasteiger partial charge is 0.266 e. The summed E-state index contributed by atoms with van der Waals surface area (Å²) in [4.78, 5) is 15.3. The van der Waals surface area contributed by atoms with Crippen molar-refractivity contribution in [1.29, 1.82) is 0 Å². The van der Waals surface area contributed by atoms with E-state index in [1.165, 1.54) is 17.3 Å². The van der Waals surface area contributed by atoms with Crippen LogP contribution in [0.15, 0.2) is 82.2 Å². The van der Waals surface area contributed by atoms with Crippen LogP contribution in [-0.4, -0.2) is 15.1 Å². The molecule has 1 amide bonds. The molecule has 0 spiro atoms. The number of para-hydroxylation sites is 1. The molecule has 0 aliphatic carbocycles. The summed E-state index contributed by atoms with van der Waals surface area (Å²) in [5.41, 5.74) is 4.17. The first kappa shape index (κ1) is 21.8. The number of ether oxygens (including phenoxy) is 1. The number of thiocarbonyl (C=S) groups is 1. The zero-order chi connectivity index (χ0) is 21.8. The summed E-state index contributed by atoms with van der Waals surface area (Å²) in [6.07, 6.45) is 1.87. The Morgan fingerprint density at radius 3 is 2.42 bits per heavy atom. The number of benzene rings is 3. The molecule has 3 aromatic carbocycles. The predicted molar refractivity (Wildman–Crippen MR) is 135 cm³/mol. The lowest BCUT2D eigenvalue weighted by molar-refractivity contribution is -0.122. The zero-order valence-electron chi connectivity index (χ0n) is 16.9. The molecule has 3 nitrogen and oxygen atoms in total. The van der Waals surface area contributed by atoms with Crippen molar-refractivity contribution in [2.24, 2.45) is 0 Å². The van der Waals surface area contributed by atoms with Crippen molar-refractivity contribution in [3.05, 3.63) is 104 Å². The number of nitrogens with zero attached hydrogens (tertiary/aromatic N) is 1. The minimum atomic E-state index is -0.0710. The fourth-order valence-electron chi connectivity index (χ4n) is 3.13. The van der Waals surface area contributed by atoms with Crippen molar-refractivity contribution in [3.8, 4) is 5.75 Å². The molecule has 0 N–H and O–H groups in total. The first-order valence-electron chi connectivity index (χ1n) is 9.77. The van der Waals surface area contributed by atoms with Crippen LogP contribution in [0.5, 0.6) is 5.75 Å². The highest BCUT2D eigenvalue weighted by molar-refractivity contribution is 9.10. The van der Waals surface area contributed by atoms with Gasteiger partial charge in [0.2, 0.25) is 0 Å². The molecule has 0 radical (unpaired) electrons. The summed E-state index contributed by atoms with van der Waals surface area (Å²) in [6, 6.07) is 23.9. The Bertz CT molecular complexity index is 1140. The van der Waals surface area contributed by atoms with Crippen molar-refractivity contribution < 1.29 is 9.53 Å². The molecule has 156 valence electrons. The number of hydrogen-bond donors (Lipinski definition) is 0. The van der Waals surface area contributed by atoms with Gasteiger partial charge >= 0.3 is 0 Å². The molecule has 1 aliphatic rings. The fraction of sp³-hybridized carbons (Fsp3) is 0.120. The maximum atomic E-state index is 13.0. The highest BCUT2D eigenvalue weighted by Crippen LogP contribution is 2.35. The van der Waals surface area contributed by atoms with Crippen LogP contribution in [0.2, 0.25) is 0 Å². The molecule has 0 atom stereocenters. The first-order valence-corrected chi connectivity index (χ1v) is 11.8. The van der Waals surface area contributed by atoms with Crippen LogP contribution in [0.4, 0.5) is 0 Å². The van der Waals surface area contributed by atoms with E-state index in [1.807, 2.05) is 85.8 Å². The topological polar surface area (TPSA) is 29.5 Å². The largest absolute Gasteiger partial charge is 0.488 e. The average Bonchev–Trinajstić information content (AvgIpc) is 3.03. The van der Waals surface area contributed by atoms with Gasteiger partial charge in [-0.25, -0.2) is 0 Å². The number of aryl methyl sites for hydroxylation is 1. The summed E-state index contributed by atoms with van der Waals surface area (Å²) in [6.45, 7) is 2.97. The van der Waals surface area contributed by atoms with E-state index in [1.54, 1.807) is 4.90 Å². The third-order valence-electron chi connectivity index (χ3n) is 4.85. The predicted octanol–water partition coefficient (Wildman–Crippen LogP) is 6.74. The number of rotatable bonds is 6. The normalized spacial score (nSPS) is 15.0. The molecular weight excluding hydrogens is 490 g/mol. The van der Waals surface area contributed by atoms with Crippen molar-refractivity contribution in [2.45, 2.75) is 20.1 Å². The van der Waals surface area contributed by atoms with E-state index in [0.717, 1.165) is 26.9 Å². The summed E-state index contributed by atoms with van der Waals surface area (Å²) in [7, 11) is 0. The Balaban J connectivity index is 1.50. The standard InChI is InChI=1S/C25H20BrNO2S2/c1-17-6-8-18(9-7-17)15-27-24(28)23(31-25(27)30)14-20-4-2-3-5-22(20)29-16-19-10-12-21(26)13-11-19/h2-14H,15-16H2,1H3/b23-14-. The maximum Gasteiger partial charge on any atom is 0.266 e. The lowest BCUT2D eigenvalue weighted by Crippen LogP contribution is -2.27. The van der Waals surface area contributed by atoms with Gasteiger partial charge in [-0.2, -0.15) is 0 Å². The minimum Gasteiger partial charge on any atom is -0.488 e. The number of carbonyl (C=O) groups excluding carboxylic acids is 1. The number of hydrogen-bond acceptors (Lipinski definition) is 4. The van der Waals surface area contributed by atoms with E-state index in [4.69, 9.17) is 17.0 Å². The van der Waals surface area contributed by atoms with Crippen molar-refractivity contribution in [1.82, 2.24) is 4.90 Å². The summed E-state index contributed by atoms with van der Waals surface area (Å²) in [5, 5.41) is 0. The van der Waals surface area contributed by atoms with Gasteiger partial charge in [0.25, 0.3) is 5.91 Å². The van der Waals surface area contributed by atoms with Gasteiger partial charge in [-0.05, 0) is 42.3 Å². The Morgan fingerprint density at radius 2 is 1.68 bits per heavy atom. The Kier molecular flexibility index (Phi) is 6.90. The second kappa shape index (κ2) is 9.81. The molecule has 1 fully saturated rings. The van der Waals surface area contributed by atoms with Crippen LogP contribution in [0.3, 0.4) is 0 Å². The molecule has 0 aromatic heterocycles. The van der Waals surface area contributed by atoms with Crippen LogP contribution in [0.1, 0.15) is 22.3 Å². The molecule has 1 heterocycles. The Morgan fingerprint density at radius 1 is 1.00 bits per heavy atom. The first-order chi connectivity index (χ1) is 15.0. The van der Waals surface area contributed by atoms with Crippen LogP contribution in [0, 0.1) is 6.92 Å². The van der Waals surface area contributed by atoms with E-state index in [-0.39, 0.29) is 5.91 Å². The fourth-order valence-corrected chi connectivity index (χ4v) is 4.64. The third kappa shape index (κ3) is 5.45. The third-order valence-corrected chi connectivity index (χ3v) is 6.75. The van der Waals surface area contributed by atoms with Gasteiger partial charge in [0, 0.05) is 10.0 Å². The zero-order valence-corrected chi connectivity index (χ0v) is 20.1. The van der Waals surface area contributed by atoms with E-state index in [2.05, 4.69) is 15.9 Å². The van der Waals surface area contributed by atoms with Crippen molar-refractivity contribution >= 4 is 56.2 Å². The highest BCUT2D eigenvalue weighted by Gasteiger charge is 2.32. The molecule has 1 saturated heterocycles. The van der Waals surface area contributed by atoms with Crippen LogP contribution in [-0.2, 0) is 17.9 Å². The van der Waals surface area contributed by atoms with E-state index in [0.29, 0.717) is 22.4 Å². The van der Waals surface area contributed by atoms with E-state index < -0.39 is 0 Å². The highest BCUT2D eigenvalue weighted by atomic mass is 79.9. The van der Waals surface area contributed by atoms with Gasteiger partial charge in [0.1, 0.15) is 16.7 Å². The molecular formula is C25H20BrNO2S2. The molecule has 1 aliphatic heterocycles. The molecule has 3 aromatic rings. The lowest BCUT2D eigenvalue weighted by atomic mass is 10.1. The van der Waals surface area contributed by atoms with Gasteiger partial charge in [0.05, 0.1) is 11.4 Å². The Labute approximate surface area is 200 Å². The van der Waals surface area contributed by atoms with Gasteiger partial charge < -0.3 is 4.74 Å². The quantitative estimate of drug-likeness (QED) is 0.272. The molecule has 0 bridgehead atoms. The molecule has 6 heteroatoms. The number of amides is 1. The van der Waals surface area contributed by atoms with E-state index in [9.17, 15) is 4.79 Å². The van der Waals surface area contributed by atoms with Crippen molar-refractivity contribution in [2.75, 3.05) is 0 Å².